The molecule has 1 aliphatic carbocycles. The smallest absolute Gasteiger partial charge is 0.339 e. The number of esters is 1. The molecule has 1 aromatic heterocycles. The highest BCUT2D eigenvalue weighted by Crippen LogP contribution is 2.30. The molecule has 0 fully saturated rings. The third-order valence-corrected chi connectivity index (χ3v) is 4.50. The summed E-state index contributed by atoms with van der Waals surface area (Å²) in [4.78, 5) is 29.2. The van der Waals surface area contributed by atoms with Crippen LogP contribution in [0.25, 0.3) is 10.9 Å². The highest BCUT2D eigenvalue weighted by Gasteiger charge is 2.25. The fourth-order valence-corrected chi connectivity index (χ4v) is 3.20. The van der Waals surface area contributed by atoms with Gasteiger partial charge in [0.2, 0.25) is 0 Å². The van der Waals surface area contributed by atoms with E-state index in [1.807, 2.05) is 24.3 Å². The van der Waals surface area contributed by atoms with Gasteiger partial charge < -0.3 is 10.1 Å². The summed E-state index contributed by atoms with van der Waals surface area (Å²) in [5, 5.41) is 3.58. The van der Waals surface area contributed by atoms with Crippen molar-refractivity contribution in [2.24, 2.45) is 5.92 Å². The fraction of sp³-hybridized carbons (Fsp3) is 0.450. The number of aryl methyl sites for hydroxylation is 1. The van der Waals surface area contributed by atoms with Crippen LogP contribution in [0.15, 0.2) is 24.3 Å². The molecule has 0 saturated carbocycles. The molecule has 0 spiro atoms. The summed E-state index contributed by atoms with van der Waals surface area (Å²) in [5.41, 5.74) is 3.33. The molecule has 5 heteroatoms. The molecule has 0 atom stereocenters. The predicted octanol–water partition coefficient (Wildman–Crippen LogP) is 3.04. The van der Waals surface area contributed by atoms with E-state index in [2.05, 4.69) is 24.1 Å². The molecular formula is C20H24N2O3. The first kappa shape index (κ1) is 17.4. The normalized spacial score (nSPS) is 13.1. The first-order valence-electron chi connectivity index (χ1n) is 8.90. The van der Waals surface area contributed by atoms with Crippen molar-refractivity contribution in [1.82, 2.24) is 10.3 Å². The van der Waals surface area contributed by atoms with Crippen molar-refractivity contribution in [3.63, 3.8) is 0 Å². The average Bonchev–Trinajstić information content (AvgIpc) is 3.05. The standard InChI is InChI=1S/C20H24N2O3/c1-13(2)10-11-21-18(23)12-25-20(24)19-14-6-3-4-8-16(14)22-17-9-5-7-15(17)19/h3-4,6,8,13H,5,7,9-12H2,1-2H3,(H,21,23). The summed E-state index contributed by atoms with van der Waals surface area (Å²) in [7, 11) is 0. The molecular weight excluding hydrogens is 316 g/mol. The minimum absolute atomic E-state index is 0.248. The van der Waals surface area contributed by atoms with E-state index in [1.165, 1.54) is 0 Å². The van der Waals surface area contributed by atoms with Crippen molar-refractivity contribution in [2.45, 2.75) is 39.5 Å². The van der Waals surface area contributed by atoms with Gasteiger partial charge in [-0.2, -0.15) is 0 Å². The third-order valence-electron chi connectivity index (χ3n) is 4.50. The Morgan fingerprint density at radius 2 is 2.04 bits per heavy atom. The van der Waals surface area contributed by atoms with Crippen molar-refractivity contribution >= 4 is 22.8 Å². The molecule has 132 valence electrons. The van der Waals surface area contributed by atoms with Crippen LogP contribution in [-0.4, -0.2) is 30.0 Å². The Morgan fingerprint density at radius 1 is 1.24 bits per heavy atom. The average molecular weight is 340 g/mol. The largest absolute Gasteiger partial charge is 0.452 e. The van der Waals surface area contributed by atoms with Gasteiger partial charge in [-0.3, -0.25) is 9.78 Å². The van der Waals surface area contributed by atoms with E-state index in [0.29, 0.717) is 18.0 Å². The first-order chi connectivity index (χ1) is 12.1. The summed E-state index contributed by atoms with van der Waals surface area (Å²) in [5.74, 6) is -0.173. The molecule has 0 aliphatic heterocycles. The van der Waals surface area contributed by atoms with Gasteiger partial charge in [0, 0.05) is 17.6 Å². The molecule has 0 bridgehead atoms. The van der Waals surface area contributed by atoms with Gasteiger partial charge >= 0.3 is 5.97 Å². The first-order valence-corrected chi connectivity index (χ1v) is 8.90. The van der Waals surface area contributed by atoms with Gasteiger partial charge in [0.25, 0.3) is 5.91 Å². The maximum Gasteiger partial charge on any atom is 0.339 e. The van der Waals surface area contributed by atoms with Gasteiger partial charge in [-0.15, -0.1) is 0 Å². The van der Waals surface area contributed by atoms with Crippen LogP contribution in [0.1, 0.15) is 48.3 Å². The predicted molar refractivity (Wildman–Crippen MR) is 96.5 cm³/mol. The van der Waals surface area contributed by atoms with Crippen LogP contribution in [0.5, 0.6) is 0 Å². The molecule has 0 unspecified atom stereocenters. The zero-order chi connectivity index (χ0) is 17.8. The summed E-state index contributed by atoms with van der Waals surface area (Å²) < 4.78 is 5.30. The zero-order valence-corrected chi connectivity index (χ0v) is 14.8. The van der Waals surface area contributed by atoms with E-state index < -0.39 is 5.97 Å². The number of carbonyl (C=O) groups is 2. The minimum Gasteiger partial charge on any atom is -0.452 e. The van der Waals surface area contributed by atoms with Crippen molar-refractivity contribution in [1.29, 1.82) is 0 Å². The van der Waals surface area contributed by atoms with Crippen LogP contribution in [0.4, 0.5) is 0 Å². The molecule has 1 aliphatic rings. The number of nitrogens with one attached hydrogen (secondary N) is 1. The lowest BCUT2D eigenvalue weighted by molar-refractivity contribution is -0.124. The number of pyridine rings is 1. The van der Waals surface area contributed by atoms with Gasteiger partial charge in [0.05, 0.1) is 11.1 Å². The van der Waals surface area contributed by atoms with Gasteiger partial charge in [0.15, 0.2) is 6.61 Å². The fourth-order valence-electron chi connectivity index (χ4n) is 3.20. The molecule has 0 saturated heterocycles. The molecule has 3 rings (SSSR count). The molecule has 1 heterocycles. The van der Waals surface area contributed by atoms with Crippen LogP contribution in [0.3, 0.4) is 0 Å². The molecule has 25 heavy (non-hydrogen) atoms. The Balaban J connectivity index is 1.73. The van der Waals surface area contributed by atoms with Crippen molar-refractivity contribution in [3.8, 4) is 0 Å². The molecule has 5 nitrogen and oxygen atoms in total. The van der Waals surface area contributed by atoms with Gasteiger partial charge in [-0.25, -0.2) is 4.79 Å². The number of fused-ring (bicyclic) bond motifs is 2. The van der Waals surface area contributed by atoms with Crippen LogP contribution in [0, 0.1) is 5.92 Å². The number of rotatable bonds is 6. The summed E-state index contributed by atoms with van der Waals surface area (Å²) in [6.45, 7) is 4.55. The maximum atomic E-state index is 12.7. The summed E-state index contributed by atoms with van der Waals surface area (Å²) >= 11 is 0. The monoisotopic (exact) mass is 340 g/mol. The van der Waals surface area contributed by atoms with E-state index in [-0.39, 0.29) is 12.5 Å². The Labute approximate surface area is 147 Å². The Hall–Kier alpha value is -2.43. The molecule has 0 radical (unpaired) electrons. The second kappa shape index (κ2) is 7.64. The second-order valence-electron chi connectivity index (χ2n) is 6.89. The summed E-state index contributed by atoms with van der Waals surface area (Å²) in [6.07, 6.45) is 3.62. The quantitative estimate of drug-likeness (QED) is 0.821. The Morgan fingerprint density at radius 3 is 2.84 bits per heavy atom. The SMILES string of the molecule is CC(C)CCNC(=O)COC(=O)c1c2c(nc3ccccc13)CCC2. The van der Waals surface area contributed by atoms with Gasteiger partial charge in [0.1, 0.15) is 0 Å². The number of aromatic nitrogens is 1. The minimum atomic E-state index is -0.434. The topological polar surface area (TPSA) is 68.3 Å². The maximum absolute atomic E-state index is 12.7. The summed E-state index contributed by atoms with van der Waals surface area (Å²) in [6, 6.07) is 7.60. The Bertz CT molecular complexity index is 799. The van der Waals surface area contributed by atoms with Gasteiger partial charge in [-0.05, 0) is 43.2 Å². The molecule has 1 N–H and O–H groups in total. The van der Waals surface area contributed by atoms with Crippen molar-refractivity contribution < 1.29 is 14.3 Å². The Kier molecular flexibility index (Phi) is 5.31. The number of nitrogens with zero attached hydrogens (tertiary/aromatic N) is 1. The van der Waals surface area contributed by atoms with E-state index in [4.69, 9.17) is 4.74 Å². The van der Waals surface area contributed by atoms with Crippen LogP contribution < -0.4 is 5.32 Å². The number of ether oxygens (including phenoxy) is 1. The van der Waals surface area contributed by atoms with E-state index >= 15 is 0 Å². The van der Waals surface area contributed by atoms with E-state index in [0.717, 1.165) is 47.8 Å². The molecule has 2 aromatic rings. The number of amides is 1. The van der Waals surface area contributed by atoms with Crippen LogP contribution in [-0.2, 0) is 22.4 Å². The van der Waals surface area contributed by atoms with Crippen LogP contribution in [0.2, 0.25) is 0 Å². The lowest BCUT2D eigenvalue weighted by Gasteiger charge is -2.12. The van der Waals surface area contributed by atoms with E-state index in [9.17, 15) is 9.59 Å². The molecule has 1 aromatic carbocycles. The highest BCUT2D eigenvalue weighted by molar-refractivity contribution is 6.05. The lowest BCUT2D eigenvalue weighted by atomic mass is 10.0. The van der Waals surface area contributed by atoms with Gasteiger partial charge in [-0.1, -0.05) is 32.0 Å². The van der Waals surface area contributed by atoms with E-state index in [1.54, 1.807) is 0 Å². The van der Waals surface area contributed by atoms with Crippen molar-refractivity contribution in [2.75, 3.05) is 13.2 Å². The molecule has 1 amide bonds. The number of hydrogen-bond acceptors (Lipinski definition) is 4. The lowest BCUT2D eigenvalue weighted by Crippen LogP contribution is -2.30. The zero-order valence-electron chi connectivity index (χ0n) is 14.8. The number of hydrogen-bond donors (Lipinski definition) is 1. The number of para-hydroxylation sites is 1. The van der Waals surface area contributed by atoms with Crippen LogP contribution >= 0.6 is 0 Å². The number of benzene rings is 1. The number of carbonyl (C=O) groups excluding carboxylic acids is 2. The second-order valence-corrected chi connectivity index (χ2v) is 6.89. The highest BCUT2D eigenvalue weighted by atomic mass is 16.5. The van der Waals surface area contributed by atoms with Crippen molar-refractivity contribution in [3.05, 3.63) is 41.1 Å². The third kappa shape index (κ3) is 3.98.